The first-order valence-corrected chi connectivity index (χ1v) is 10.9. The molecular weight excluding hydrogens is 426 g/mol. The maximum absolute atomic E-state index is 11.9. The number of nitrogens with one attached hydrogen (secondary N) is 2. The Kier molecular flexibility index (Phi) is 11.6. The number of carbonyl (C=O) groups excluding carboxylic acids is 2. The molecule has 2 aromatic rings. The molecule has 0 saturated carbocycles. The van der Waals surface area contributed by atoms with E-state index >= 15 is 0 Å². The van der Waals surface area contributed by atoms with E-state index in [9.17, 15) is 19.6 Å². The Morgan fingerprint density at radius 2 is 1.61 bits per heavy atom. The fraction of sp³-hybridized carbons (Fsp3) is 0.375. The standard InChI is InChI=1S/C24H31N3O6/c28-22(12-13-23(29)30)27(32)15-5-4-14-25-16-19-8-10-20(11-9-19)17-33-18-26-24(31)21-6-2-1-3-7-21/h1-3,6-11,25,32H,4-5,12-18H2,(H,26,31)(H,29,30). The van der Waals surface area contributed by atoms with Gasteiger partial charge in [0, 0.05) is 25.1 Å². The van der Waals surface area contributed by atoms with Crippen LogP contribution in [0.2, 0.25) is 0 Å². The van der Waals surface area contributed by atoms with Crippen molar-refractivity contribution >= 4 is 17.8 Å². The van der Waals surface area contributed by atoms with Gasteiger partial charge in [0.1, 0.15) is 6.73 Å². The Bertz CT molecular complexity index is 874. The molecule has 2 aromatic carbocycles. The van der Waals surface area contributed by atoms with Gasteiger partial charge >= 0.3 is 5.97 Å². The van der Waals surface area contributed by atoms with Gasteiger partial charge in [-0.3, -0.25) is 19.6 Å². The first-order valence-electron chi connectivity index (χ1n) is 10.9. The maximum Gasteiger partial charge on any atom is 0.303 e. The zero-order valence-electron chi connectivity index (χ0n) is 18.5. The van der Waals surface area contributed by atoms with Crippen molar-refractivity contribution in [2.75, 3.05) is 19.8 Å². The van der Waals surface area contributed by atoms with Gasteiger partial charge in [0.05, 0.1) is 13.0 Å². The van der Waals surface area contributed by atoms with Gasteiger partial charge in [0.2, 0.25) is 5.91 Å². The topological polar surface area (TPSA) is 128 Å². The number of carboxylic acids is 1. The van der Waals surface area contributed by atoms with Gasteiger partial charge in [-0.05, 0) is 42.6 Å². The third-order valence-corrected chi connectivity index (χ3v) is 4.81. The van der Waals surface area contributed by atoms with E-state index in [2.05, 4.69) is 10.6 Å². The first kappa shape index (κ1) is 26.0. The lowest BCUT2D eigenvalue weighted by Crippen LogP contribution is -2.29. The molecule has 0 unspecified atom stereocenters. The van der Waals surface area contributed by atoms with Gasteiger partial charge in [0.15, 0.2) is 0 Å². The lowest BCUT2D eigenvalue weighted by molar-refractivity contribution is -0.166. The maximum atomic E-state index is 11.9. The summed E-state index contributed by atoms with van der Waals surface area (Å²) < 4.78 is 5.52. The van der Waals surface area contributed by atoms with Crippen molar-refractivity contribution in [1.82, 2.24) is 15.7 Å². The summed E-state index contributed by atoms with van der Waals surface area (Å²) in [5.41, 5.74) is 2.71. The highest BCUT2D eigenvalue weighted by Crippen LogP contribution is 2.06. The van der Waals surface area contributed by atoms with Crippen LogP contribution in [0, 0.1) is 0 Å². The molecule has 178 valence electrons. The number of benzene rings is 2. The SMILES string of the molecule is O=C(O)CCC(=O)N(O)CCCCNCc1ccc(COCNC(=O)c2ccccc2)cc1. The molecule has 0 bridgehead atoms. The Balaban J connectivity index is 1.53. The van der Waals surface area contributed by atoms with Crippen LogP contribution in [-0.4, -0.2) is 53.0 Å². The van der Waals surface area contributed by atoms with Crippen molar-refractivity contribution in [2.24, 2.45) is 0 Å². The number of amides is 2. The number of carboxylic acid groups (broad SMARTS) is 1. The molecule has 9 heteroatoms. The molecule has 0 aliphatic rings. The number of unbranched alkanes of at least 4 members (excludes halogenated alkanes) is 1. The Morgan fingerprint density at radius 1 is 0.909 bits per heavy atom. The molecule has 0 spiro atoms. The molecule has 0 aromatic heterocycles. The minimum Gasteiger partial charge on any atom is -0.481 e. The number of aliphatic carboxylic acids is 1. The quantitative estimate of drug-likeness (QED) is 0.140. The van der Waals surface area contributed by atoms with Crippen LogP contribution in [0.4, 0.5) is 0 Å². The molecule has 0 fully saturated rings. The van der Waals surface area contributed by atoms with Crippen molar-refractivity contribution in [3.63, 3.8) is 0 Å². The average Bonchev–Trinajstić information content (AvgIpc) is 2.83. The normalized spacial score (nSPS) is 10.6. The fourth-order valence-corrected chi connectivity index (χ4v) is 2.94. The van der Waals surface area contributed by atoms with E-state index in [1.165, 1.54) is 0 Å². The highest BCUT2D eigenvalue weighted by molar-refractivity contribution is 5.93. The van der Waals surface area contributed by atoms with E-state index in [1.807, 2.05) is 42.5 Å². The molecule has 0 aliphatic heterocycles. The minimum absolute atomic E-state index is 0.132. The summed E-state index contributed by atoms with van der Waals surface area (Å²) in [4.78, 5) is 33.9. The summed E-state index contributed by atoms with van der Waals surface area (Å²) in [7, 11) is 0. The van der Waals surface area contributed by atoms with Crippen LogP contribution in [0.5, 0.6) is 0 Å². The summed E-state index contributed by atoms with van der Waals surface area (Å²) in [6, 6.07) is 16.9. The third-order valence-electron chi connectivity index (χ3n) is 4.81. The summed E-state index contributed by atoms with van der Waals surface area (Å²) in [6.45, 7) is 2.12. The molecular formula is C24H31N3O6. The summed E-state index contributed by atoms with van der Waals surface area (Å²) in [5, 5.41) is 24.8. The monoisotopic (exact) mass is 457 g/mol. The second kappa shape index (κ2) is 14.7. The van der Waals surface area contributed by atoms with Crippen LogP contribution < -0.4 is 10.6 Å². The zero-order chi connectivity index (χ0) is 23.9. The van der Waals surface area contributed by atoms with E-state index in [0.29, 0.717) is 30.2 Å². The molecule has 0 atom stereocenters. The number of hydrogen-bond acceptors (Lipinski definition) is 6. The predicted octanol–water partition coefficient (Wildman–Crippen LogP) is 2.54. The molecule has 2 rings (SSSR count). The van der Waals surface area contributed by atoms with Gasteiger partial charge in [0.25, 0.3) is 5.91 Å². The Morgan fingerprint density at radius 3 is 2.30 bits per heavy atom. The van der Waals surface area contributed by atoms with Gasteiger partial charge in [-0.25, -0.2) is 5.06 Å². The van der Waals surface area contributed by atoms with Crippen molar-refractivity contribution in [3.05, 3.63) is 71.3 Å². The van der Waals surface area contributed by atoms with E-state index in [4.69, 9.17) is 9.84 Å². The van der Waals surface area contributed by atoms with Gasteiger partial charge in [-0.15, -0.1) is 0 Å². The molecule has 33 heavy (non-hydrogen) atoms. The van der Waals surface area contributed by atoms with Crippen LogP contribution in [0.1, 0.15) is 47.2 Å². The smallest absolute Gasteiger partial charge is 0.303 e. The lowest BCUT2D eigenvalue weighted by Gasteiger charge is -2.14. The van der Waals surface area contributed by atoms with E-state index in [-0.39, 0.29) is 32.0 Å². The highest BCUT2D eigenvalue weighted by atomic mass is 16.5. The highest BCUT2D eigenvalue weighted by Gasteiger charge is 2.12. The summed E-state index contributed by atoms with van der Waals surface area (Å²) in [6.07, 6.45) is 0.893. The Labute approximate surface area is 193 Å². The number of nitrogens with zero attached hydrogens (tertiary/aromatic N) is 1. The molecule has 4 N–H and O–H groups in total. The minimum atomic E-state index is -1.06. The second-order valence-electron chi connectivity index (χ2n) is 7.48. The van der Waals surface area contributed by atoms with Crippen LogP contribution in [0.15, 0.2) is 54.6 Å². The molecule has 9 nitrogen and oxygen atoms in total. The van der Waals surface area contributed by atoms with Crippen LogP contribution in [-0.2, 0) is 27.5 Å². The lowest BCUT2D eigenvalue weighted by atomic mass is 10.1. The Hall–Kier alpha value is -3.27. The molecule has 0 heterocycles. The predicted molar refractivity (Wildman–Crippen MR) is 121 cm³/mol. The number of rotatable bonds is 15. The van der Waals surface area contributed by atoms with Crippen LogP contribution >= 0.6 is 0 Å². The number of carbonyl (C=O) groups is 3. The van der Waals surface area contributed by atoms with Gasteiger partial charge in [-0.1, -0.05) is 42.5 Å². The van der Waals surface area contributed by atoms with Crippen LogP contribution in [0.3, 0.4) is 0 Å². The fourth-order valence-electron chi connectivity index (χ4n) is 2.94. The first-order chi connectivity index (χ1) is 16.0. The summed E-state index contributed by atoms with van der Waals surface area (Å²) in [5.74, 6) is -1.81. The molecule has 0 saturated heterocycles. The average molecular weight is 458 g/mol. The zero-order valence-corrected chi connectivity index (χ0v) is 18.5. The van der Waals surface area contributed by atoms with Crippen molar-refractivity contribution < 1.29 is 29.4 Å². The van der Waals surface area contributed by atoms with Crippen molar-refractivity contribution in [2.45, 2.75) is 38.8 Å². The summed E-state index contributed by atoms with van der Waals surface area (Å²) >= 11 is 0. The van der Waals surface area contributed by atoms with Crippen molar-refractivity contribution in [1.29, 1.82) is 0 Å². The van der Waals surface area contributed by atoms with Crippen molar-refractivity contribution in [3.8, 4) is 0 Å². The van der Waals surface area contributed by atoms with E-state index in [0.717, 1.165) is 24.1 Å². The molecule has 0 aliphatic carbocycles. The molecule has 2 amide bonds. The number of hydrogen-bond donors (Lipinski definition) is 4. The third kappa shape index (κ3) is 10.7. The largest absolute Gasteiger partial charge is 0.481 e. The second-order valence-corrected chi connectivity index (χ2v) is 7.48. The van der Waals surface area contributed by atoms with Crippen LogP contribution in [0.25, 0.3) is 0 Å². The van der Waals surface area contributed by atoms with E-state index < -0.39 is 11.9 Å². The number of hydroxylamine groups is 2. The number of ether oxygens (including phenoxy) is 1. The van der Waals surface area contributed by atoms with Gasteiger partial charge < -0.3 is 20.5 Å². The van der Waals surface area contributed by atoms with E-state index in [1.54, 1.807) is 12.1 Å². The van der Waals surface area contributed by atoms with Gasteiger partial charge in [-0.2, -0.15) is 0 Å². The molecule has 0 radical (unpaired) electrons.